The third-order valence-electron chi connectivity index (χ3n) is 3.98. The van der Waals surface area contributed by atoms with Crippen LogP contribution in [0.25, 0.3) is 27.9 Å². The van der Waals surface area contributed by atoms with E-state index in [1.54, 1.807) is 30.5 Å². The highest BCUT2D eigenvalue weighted by atomic mass is 79.9. The van der Waals surface area contributed by atoms with Gasteiger partial charge in [-0.1, -0.05) is 34.1 Å². The van der Waals surface area contributed by atoms with E-state index in [4.69, 9.17) is 0 Å². The zero-order valence-corrected chi connectivity index (χ0v) is 14.2. The molecule has 2 aromatic carbocycles. The van der Waals surface area contributed by atoms with Crippen LogP contribution in [0.15, 0.2) is 71.3 Å². The van der Waals surface area contributed by atoms with Crippen molar-refractivity contribution in [1.82, 2.24) is 9.97 Å². The maximum atomic E-state index is 12.3. The van der Waals surface area contributed by atoms with Crippen LogP contribution in [0.5, 0.6) is 0 Å². The Kier molecular flexibility index (Phi) is 3.75. The predicted molar refractivity (Wildman–Crippen MR) is 101 cm³/mol. The summed E-state index contributed by atoms with van der Waals surface area (Å²) >= 11 is 3.37. The molecule has 0 aliphatic heterocycles. The van der Waals surface area contributed by atoms with E-state index >= 15 is 0 Å². The summed E-state index contributed by atoms with van der Waals surface area (Å²) in [5.41, 5.74) is 3.42. The van der Waals surface area contributed by atoms with Crippen LogP contribution in [-0.2, 0) is 0 Å². The number of benzene rings is 2. The van der Waals surface area contributed by atoms with Crippen molar-refractivity contribution >= 4 is 49.6 Å². The van der Waals surface area contributed by atoms with Crippen molar-refractivity contribution in [2.75, 3.05) is 0 Å². The fraction of sp³-hybridized carbons (Fsp3) is 0. The zero-order chi connectivity index (χ0) is 16.5. The van der Waals surface area contributed by atoms with E-state index < -0.39 is 0 Å². The molecule has 0 unspecified atom stereocenters. The van der Waals surface area contributed by atoms with Crippen molar-refractivity contribution < 1.29 is 4.79 Å². The molecule has 0 aliphatic rings. The maximum Gasteiger partial charge on any atom is 0.185 e. The number of hydrogen-bond acceptors (Lipinski definition) is 2. The molecule has 0 bridgehead atoms. The standard InChI is InChI=1S/C20H13BrN2O/c21-14-7-5-13(6-8-14)19(24)10-9-18-20-16(11-12-22-18)15-3-1-2-4-17(15)23-20/h1-12,23H/b10-9+. The lowest BCUT2D eigenvalue weighted by atomic mass is 10.1. The normalized spacial score (nSPS) is 11.5. The quantitative estimate of drug-likeness (QED) is 0.385. The predicted octanol–water partition coefficient (Wildman–Crippen LogP) is 5.37. The van der Waals surface area contributed by atoms with Gasteiger partial charge in [0.25, 0.3) is 0 Å². The summed E-state index contributed by atoms with van der Waals surface area (Å²) < 4.78 is 0.951. The second kappa shape index (κ2) is 6.06. The van der Waals surface area contributed by atoms with Gasteiger partial charge in [-0.25, -0.2) is 0 Å². The second-order valence-electron chi connectivity index (χ2n) is 5.49. The van der Waals surface area contributed by atoms with E-state index in [-0.39, 0.29) is 5.78 Å². The van der Waals surface area contributed by atoms with Gasteiger partial charge in [-0.2, -0.15) is 0 Å². The Hall–Kier alpha value is -2.72. The number of ketones is 1. The highest BCUT2D eigenvalue weighted by Gasteiger charge is 2.07. The summed E-state index contributed by atoms with van der Waals surface area (Å²) in [6.07, 6.45) is 5.10. The molecule has 0 aliphatic carbocycles. The number of hydrogen-bond donors (Lipinski definition) is 1. The summed E-state index contributed by atoms with van der Waals surface area (Å²) in [6.45, 7) is 0. The van der Waals surface area contributed by atoms with Crippen molar-refractivity contribution in [3.05, 3.63) is 82.6 Å². The van der Waals surface area contributed by atoms with Crippen LogP contribution in [0.4, 0.5) is 0 Å². The fourth-order valence-electron chi connectivity index (χ4n) is 2.79. The average molecular weight is 377 g/mol. The number of aromatic amines is 1. The van der Waals surface area contributed by atoms with Crippen LogP contribution < -0.4 is 0 Å². The summed E-state index contributed by atoms with van der Waals surface area (Å²) in [5, 5.41) is 2.26. The number of halogens is 1. The monoisotopic (exact) mass is 376 g/mol. The third kappa shape index (κ3) is 2.65. The number of H-pyrrole nitrogens is 1. The minimum Gasteiger partial charge on any atom is -0.353 e. The number of para-hydroxylation sites is 1. The number of fused-ring (bicyclic) bond motifs is 3. The van der Waals surface area contributed by atoms with E-state index in [1.165, 1.54) is 0 Å². The Bertz CT molecular complexity index is 1080. The van der Waals surface area contributed by atoms with E-state index in [1.807, 2.05) is 36.4 Å². The smallest absolute Gasteiger partial charge is 0.185 e. The highest BCUT2D eigenvalue weighted by Crippen LogP contribution is 2.26. The fourth-order valence-corrected chi connectivity index (χ4v) is 3.05. The van der Waals surface area contributed by atoms with E-state index in [2.05, 4.69) is 32.0 Å². The van der Waals surface area contributed by atoms with Crippen molar-refractivity contribution in [3.8, 4) is 0 Å². The van der Waals surface area contributed by atoms with Gasteiger partial charge in [0.05, 0.1) is 11.2 Å². The largest absolute Gasteiger partial charge is 0.353 e. The average Bonchev–Trinajstić information content (AvgIpc) is 2.99. The lowest BCUT2D eigenvalue weighted by molar-refractivity contribution is 0.104. The highest BCUT2D eigenvalue weighted by molar-refractivity contribution is 9.10. The first-order valence-electron chi connectivity index (χ1n) is 7.56. The third-order valence-corrected chi connectivity index (χ3v) is 4.51. The number of nitrogens with one attached hydrogen (secondary N) is 1. The number of aromatic nitrogens is 2. The van der Waals surface area contributed by atoms with Gasteiger partial charge in [-0.05, 0) is 48.6 Å². The topological polar surface area (TPSA) is 45.8 Å². The summed E-state index contributed by atoms with van der Waals surface area (Å²) in [7, 11) is 0. The molecule has 24 heavy (non-hydrogen) atoms. The van der Waals surface area contributed by atoms with E-state index in [0.717, 1.165) is 32.0 Å². The number of rotatable bonds is 3. The molecule has 0 radical (unpaired) electrons. The Morgan fingerprint density at radius 2 is 1.79 bits per heavy atom. The summed E-state index contributed by atoms with van der Waals surface area (Å²) in [5.74, 6) is -0.0441. The maximum absolute atomic E-state index is 12.3. The molecule has 0 saturated heterocycles. The lowest BCUT2D eigenvalue weighted by Crippen LogP contribution is -1.93. The molecule has 4 heteroatoms. The number of nitrogens with zero attached hydrogens (tertiary/aromatic N) is 1. The van der Waals surface area contributed by atoms with Crippen molar-refractivity contribution in [3.63, 3.8) is 0 Å². The Labute approximate surface area is 147 Å². The van der Waals surface area contributed by atoms with Gasteiger partial charge in [0.1, 0.15) is 0 Å². The molecule has 116 valence electrons. The number of allylic oxidation sites excluding steroid dienone is 1. The molecular weight excluding hydrogens is 364 g/mol. The van der Waals surface area contributed by atoms with Crippen LogP contribution in [0.1, 0.15) is 16.1 Å². The number of carbonyl (C=O) groups is 1. The van der Waals surface area contributed by atoms with Gasteiger partial charge >= 0.3 is 0 Å². The van der Waals surface area contributed by atoms with Crippen LogP contribution in [-0.4, -0.2) is 15.8 Å². The molecule has 0 fully saturated rings. The minimum atomic E-state index is -0.0441. The van der Waals surface area contributed by atoms with Gasteiger partial charge in [-0.3, -0.25) is 9.78 Å². The first-order chi connectivity index (χ1) is 11.7. The molecule has 3 nitrogen and oxygen atoms in total. The van der Waals surface area contributed by atoms with E-state index in [0.29, 0.717) is 5.56 Å². The molecule has 0 atom stereocenters. The van der Waals surface area contributed by atoms with Crippen molar-refractivity contribution in [1.29, 1.82) is 0 Å². The van der Waals surface area contributed by atoms with Crippen molar-refractivity contribution in [2.45, 2.75) is 0 Å². The molecule has 1 N–H and O–H groups in total. The molecule has 0 amide bonds. The Balaban J connectivity index is 1.74. The molecule has 4 aromatic rings. The van der Waals surface area contributed by atoms with Crippen LogP contribution in [0.2, 0.25) is 0 Å². The van der Waals surface area contributed by atoms with Gasteiger partial charge in [-0.15, -0.1) is 0 Å². The van der Waals surface area contributed by atoms with Gasteiger partial charge in [0, 0.05) is 32.5 Å². The van der Waals surface area contributed by atoms with Crippen LogP contribution in [0.3, 0.4) is 0 Å². The van der Waals surface area contributed by atoms with Gasteiger partial charge < -0.3 is 4.98 Å². The molecular formula is C20H13BrN2O. The SMILES string of the molecule is O=C(/C=C/c1nccc2c1[nH]c1ccccc12)c1ccc(Br)cc1. The molecule has 0 saturated carbocycles. The second-order valence-corrected chi connectivity index (χ2v) is 6.41. The molecule has 4 rings (SSSR count). The Morgan fingerprint density at radius 1 is 1.00 bits per heavy atom. The van der Waals surface area contributed by atoms with E-state index in [9.17, 15) is 4.79 Å². The zero-order valence-electron chi connectivity index (χ0n) is 12.7. The van der Waals surface area contributed by atoms with Crippen LogP contribution in [0, 0.1) is 0 Å². The first-order valence-corrected chi connectivity index (χ1v) is 8.35. The van der Waals surface area contributed by atoms with Crippen LogP contribution >= 0.6 is 15.9 Å². The summed E-state index contributed by atoms with van der Waals surface area (Å²) in [4.78, 5) is 20.1. The Morgan fingerprint density at radius 3 is 2.62 bits per heavy atom. The summed E-state index contributed by atoms with van der Waals surface area (Å²) in [6, 6.07) is 17.4. The van der Waals surface area contributed by atoms with Gasteiger partial charge in [0.15, 0.2) is 5.78 Å². The first kappa shape index (κ1) is 14.8. The van der Waals surface area contributed by atoms with Crippen molar-refractivity contribution in [2.24, 2.45) is 0 Å². The minimum absolute atomic E-state index is 0.0441. The number of carbonyl (C=O) groups excluding carboxylic acids is 1. The molecule has 2 aromatic heterocycles. The number of pyridine rings is 1. The molecule has 0 spiro atoms. The molecule has 2 heterocycles. The van der Waals surface area contributed by atoms with Gasteiger partial charge in [0.2, 0.25) is 0 Å². The lowest BCUT2D eigenvalue weighted by Gasteiger charge is -1.98.